The van der Waals surface area contributed by atoms with Crippen molar-refractivity contribution in [2.45, 2.75) is 5.54 Å². The van der Waals surface area contributed by atoms with Gasteiger partial charge in [0.15, 0.2) is 0 Å². The number of halogens is 1. The van der Waals surface area contributed by atoms with Crippen molar-refractivity contribution in [2.24, 2.45) is 5.73 Å². The Balaban J connectivity index is 2.14. The fourth-order valence-electron chi connectivity index (χ4n) is 2.13. The van der Waals surface area contributed by atoms with E-state index in [1.54, 1.807) is 0 Å². The summed E-state index contributed by atoms with van der Waals surface area (Å²) >= 11 is 3.49. The molecule has 3 rings (SSSR count). The molecule has 1 aliphatic heterocycles. The molecule has 2 aromatic carbocycles. The quantitative estimate of drug-likeness (QED) is 0.839. The molecule has 0 bridgehead atoms. The van der Waals surface area contributed by atoms with E-state index >= 15 is 0 Å². The van der Waals surface area contributed by atoms with Gasteiger partial charge in [0, 0.05) is 17.6 Å². The molecule has 0 amide bonds. The summed E-state index contributed by atoms with van der Waals surface area (Å²) in [7, 11) is 0. The zero-order valence-electron chi connectivity index (χ0n) is 8.83. The van der Waals surface area contributed by atoms with Crippen LogP contribution in [0.15, 0.2) is 40.9 Å². The minimum Gasteiger partial charge on any atom is -0.319 e. The maximum atomic E-state index is 6.28. The molecular formula is C13H13BrN2. The summed E-state index contributed by atoms with van der Waals surface area (Å²) in [5.74, 6) is 0. The number of hydrogen-bond donors (Lipinski definition) is 2. The van der Waals surface area contributed by atoms with Crippen molar-refractivity contribution < 1.29 is 0 Å². The lowest BCUT2D eigenvalue weighted by molar-refractivity contribution is 0.287. The summed E-state index contributed by atoms with van der Waals surface area (Å²) in [6, 6.07) is 12.8. The summed E-state index contributed by atoms with van der Waals surface area (Å²) in [5.41, 5.74) is 7.33. The molecule has 1 fully saturated rings. The van der Waals surface area contributed by atoms with Gasteiger partial charge in [-0.05, 0) is 34.5 Å². The Bertz CT molecular complexity index is 547. The molecular weight excluding hydrogens is 264 g/mol. The molecule has 1 heterocycles. The number of benzene rings is 2. The SMILES string of the molecule is NC1(c2ccc3ccc(Br)cc3c2)CNC1. The zero-order valence-corrected chi connectivity index (χ0v) is 10.4. The summed E-state index contributed by atoms with van der Waals surface area (Å²) in [6.45, 7) is 1.74. The third-order valence-electron chi connectivity index (χ3n) is 3.26. The fourth-order valence-corrected chi connectivity index (χ4v) is 2.50. The number of fused-ring (bicyclic) bond motifs is 1. The van der Waals surface area contributed by atoms with Crippen LogP contribution < -0.4 is 11.1 Å². The molecule has 0 radical (unpaired) electrons. The van der Waals surface area contributed by atoms with Crippen molar-refractivity contribution in [3.8, 4) is 0 Å². The minimum absolute atomic E-state index is 0.170. The maximum absolute atomic E-state index is 6.28. The Hall–Kier alpha value is -0.900. The Morgan fingerprint density at radius 2 is 1.81 bits per heavy atom. The first-order valence-electron chi connectivity index (χ1n) is 5.37. The highest BCUT2D eigenvalue weighted by molar-refractivity contribution is 9.10. The fraction of sp³-hybridized carbons (Fsp3) is 0.231. The van der Waals surface area contributed by atoms with Crippen LogP contribution in [0.2, 0.25) is 0 Å². The molecule has 82 valence electrons. The van der Waals surface area contributed by atoms with Gasteiger partial charge in [-0.25, -0.2) is 0 Å². The Kier molecular flexibility index (Phi) is 2.28. The molecule has 0 spiro atoms. The highest BCUT2D eigenvalue weighted by atomic mass is 79.9. The average Bonchev–Trinajstić information content (AvgIpc) is 2.25. The van der Waals surface area contributed by atoms with Gasteiger partial charge >= 0.3 is 0 Å². The molecule has 0 saturated carbocycles. The second-order valence-corrected chi connectivity index (χ2v) is 5.38. The van der Waals surface area contributed by atoms with Gasteiger partial charge in [0.2, 0.25) is 0 Å². The first kappa shape index (κ1) is 10.3. The number of rotatable bonds is 1. The summed E-state index contributed by atoms with van der Waals surface area (Å²) in [4.78, 5) is 0. The van der Waals surface area contributed by atoms with Crippen LogP contribution in [0.1, 0.15) is 5.56 Å². The van der Waals surface area contributed by atoms with Crippen LogP contribution in [0.25, 0.3) is 10.8 Å². The third kappa shape index (κ3) is 1.56. The molecule has 1 aliphatic rings. The Morgan fingerprint density at radius 3 is 2.50 bits per heavy atom. The molecule has 1 saturated heterocycles. The molecule has 0 aliphatic carbocycles. The molecule has 3 heteroatoms. The third-order valence-corrected chi connectivity index (χ3v) is 3.75. The zero-order chi connectivity index (χ0) is 11.2. The first-order chi connectivity index (χ1) is 7.67. The normalized spacial score (nSPS) is 18.4. The van der Waals surface area contributed by atoms with E-state index in [0.717, 1.165) is 17.6 Å². The lowest BCUT2D eigenvalue weighted by Crippen LogP contribution is -2.62. The van der Waals surface area contributed by atoms with E-state index in [1.807, 2.05) is 0 Å². The standard InChI is InChI=1S/C13H13BrN2/c14-12-4-2-9-1-3-11(5-10(9)6-12)13(15)7-16-8-13/h1-6,16H,7-8,15H2. The van der Waals surface area contributed by atoms with Crippen molar-refractivity contribution in [1.29, 1.82) is 0 Å². The molecule has 0 aromatic heterocycles. The van der Waals surface area contributed by atoms with Crippen LogP contribution >= 0.6 is 15.9 Å². The lowest BCUT2D eigenvalue weighted by Gasteiger charge is -2.39. The van der Waals surface area contributed by atoms with Crippen LogP contribution in [0.5, 0.6) is 0 Å². The second kappa shape index (κ2) is 3.55. The van der Waals surface area contributed by atoms with Crippen molar-refractivity contribution in [3.63, 3.8) is 0 Å². The number of hydrogen-bond acceptors (Lipinski definition) is 2. The predicted octanol–water partition coefficient (Wildman–Crippen LogP) is 2.36. The van der Waals surface area contributed by atoms with Crippen LogP contribution in [-0.4, -0.2) is 13.1 Å². The predicted molar refractivity (Wildman–Crippen MR) is 70.4 cm³/mol. The minimum atomic E-state index is -0.170. The van der Waals surface area contributed by atoms with Crippen molar-refractivity contribution >= 4 is 26.7 Å². The highest BCUT2D eigenvalue weighted by Crippen LogP contribution is 2.27. The van der Waals surface area contributed by atoms with Crippen molar-refractivity contribution in [1.82, 2.24) is 5.32 Å². The van der Waals surface area contributed by atoms with Crippen molar-refractivity contribution in [3.05, 3.63) is 46.4 Å². The van der Waals surface area contributed by atoms with E-state index in [9.17, 15) is 0 Å². The van der Waals surface area contributed by atoms with E-state index in [-0.39, 0.29) is 5.54 Å². The second-order valence-electron chi connectivity index (χ2n) is 4.47. The van der Waals surface area contributed by atoms with Gasteiger partial charge in [-0.1, -0.05) is 34.1 Å². The summed E-state index contributed by atoms with van der Waals surface area (Å²) in [6.07, 6.45) is 0. The topological polar surface area (TPSA) is 38.0 Å². The largest absolute Gasteiger partial charge is 0.319 e. The van der Waals surface area contributed by atoms with E-state index in [0.29, 0.717) is 0 Å². The van der Waals surface area contributed by atoms with Crippen LogP contribution in [-0.2, 0) is 5.54 Å². The maximum Gasteiger partial charge on any atom is 0.0662 e. The van der Waals surface area contributed by atoms with Crippen molar-refractivity contribution in [2.75, 3.05) is 13.1 Å². The highest BCUT2D eigenvalue weighted by Gasteiger charge is 2.34. The molecule has 16 heavy (non-hydrogen) atoms. The van der Waals surface area contributed by atoms with Gasteiger partial charge in [0.25, 0.3) is 0 Å². The molecule has 0 unspecified atom stereocenters. The first-order valence-corrected chi connectivity index (χ1v) is 6.16. The summed E-state index contributed by atoms with van der Waals surface area (Å²) in [5, 5.41) is 5.72. The van der Waals surface area contributed by atoms with E-state index in [4.69, 9.17) is 5.73 Å². The average molecular weight is 277 g/mol. The van der Waals surface area contributed by atoms with E-state index < -0.39 is 0 Å². The van der Waals surface area contributed by atoms with Gasteiger partial charge < -0.3 is 11.1 Å². The smallest absolute Gasteiger partial charge is 0.0662 e. The van der Waals surface area contributed by atoms with Gasteiger partial charge in [-0.3, -0.25) is 0 Å². The Morgan fingerprint density at radius 1 is 1.06 bits per heavy atom. The van der Waals surface area contributed by atoms with Gasteiger partial charge in [0.1, 0.15) is 0 Å². The molecule has 0 atom stereocenters. The molecule has 3 N–H and O–H groups in total. The lowest BCUT2D eigenvalue weighted by atomic mass is 9.84. The van der Waals surface area contributed by atoms with Gasteiger partial charge in [0.05, 0.1) is 5.54 Å². The van der Waals surface area contributed by atoms with Gasteiger partial charge in [-0.15, -0.1) is 0 Å². The molecule has 2 aromatic rings. The number of nitrogens with one attached hydrogen (secondary N) is 1. The molecule has 2 nitrogen and oxygen atoms in total. The van der Waals surface area contributed by atoms with Crippen LogP contribution in [0, 0.1) is 0 Å². The van der Waals surface area contributed by atoms with Crippen LogP contribution in [0.4, 0.5) is 0 Å². The number of nitrogens with two attached hydrogens (primary N) is 1. The van der Waals surface area contributed by atoms with E-state index in [1.165, 1.54) is 16.3 Å². The summed E-state index contributed by atoms with van der Waals surface area (Å²) < 4.78 is 1.11. The van der Waals surface area contributed by atoms with Gasteiger partial charge in [-0.2, -0.15) is 0 Å². The van der Waals surface area contributed by atoms with E-state index in [2.05, 4.69) is 57.6 Å². The Labute approximate surface area is 103 Å². The monoisotopic (exact) mass is 276 g/mol. The van der Waals surface area contributed by atoms with Crippen LogP contribution in [0.3, 0.4) is 0 Å².